The van der Waals surface area contributed by atoms with Gasteiger partial charge in [0.2, 0.25) is 0 Å². The van der Waals surface area contributed by atoms with Crippen molar-refractivity contribution in [3.8, 4) is 5.75 Å². The quantitative estimate of drug-likeness (QED) is 0.299. The van der Waals surface area contributed by atoms with Crippen LogP contribution >= 0.6 is 0 Å². The normalized spacial score (nSPS) is 11.9. The number of nitrogens with zero attached hydrogens (tertiary/aromatic N) is 1. The van der Waals surface area contributed by atoms with Crippen molar-refractivity contribution in [2.24, 2.45) is 0 Å². The summed E-state index contributed by atoms with van der Waals surface area (Å²) in [6, 6.07) is 18.6. The maximum absolute atomic E-state index is 12.9. The van der Waals surface area contributed by atoms with Crippen LogP contribution in [0.1, 0.15) is 52.8 Å². The number of carbonyl (C=O) groups is 2. The first-order valence-corrected chi connectivity index (χ1v) is 10.0. The van der Waals surface area contributed by atoms with E-state index in [1.807, 2.05) is 68.4 Å². The minimum absolute atomic E-state index is 0.0263. The highest BCUT2D eigenvalue weighted by molar-refractivity contribution is 6.09. The Bertz CT molecular complexity index is 1040. The Morgan fingerprint density at radius 3 is 2.37 bits per heavy atom. The molecule has 0 N–H and O–H groups in total. The number of hydrogen-bond acceptors (Lipinski definition) is 4. The number of carbonyl (C=O) groups excluding carboxylic acids is 2. The van der Waals surface area contributed by atoms with E-state index in [9.17, 15) is 9.59 Å². The molecule has 5 nitrogen and oxygen atoms in total. The minimum Gasteiger partial charge on any atom is -0.426 e. The predicted octanol–water partition coefficient (Wildman–Crippen LogP) is 5.04. The summed E-state index contributed by atoms with van der Waals surface area (Å²) >= 11 is 0. The summed E-state index contributed by atoms with van der Waals surface area (Å²) in [5, 5.41) is 0. The fraction of sp³-hybridized carbons (Fsp3) is 0.280. The molecular weight excluding hydrogens is 378 g/mol. The first-order chi connectivity index (χ1) is 14.4. The van der Waals surface area contributed by atoms with Crippen LogP contribution in [0.2, 0.25) is 0 Å². The zero-order valence-electron chi connectivity index (χ0n) is 17.8. The van der Waals surface area contributed by atoms with E-state index in [2.05, 4.69) is 11.5 Å². The van der Waals surface area contributed by atoms with Crippen LogP contribution in [0, 0.1) is 13.8 Å². The van der Waals surface area contributed by atoms with Crippen LogP contribution in [0.3, 0.4) is 0 Å². The molecule has 2 aromatic carbocycles. The lowest BCUT2D eigenvalue weighted by Gasteiger charge is -2.19. The van der Waals surface area contributed by atoms with Crippen LogP contribution in [0.5, 0.6) is 5.75 Å². The van der Waals surface area contributed by atoms with Crippen molar-refractivity contribution in [1.82, 2.24) is 4.57 Å². The number of benzene rings is 2. The first kappa shape index (κ1) is 21.5. The summed E-state index contributed by atoms with van der Waals surface area (Å²) in [7, 11) is 0. The smallest absolute Gasteiger partial charge is 0.308 e. The van der Waals surface area contributed by atoms with Crippen LogP contribution in [-0.4, -0.2) is 22.9 Å². The third-order valence-corrected chi connectivity index (χ3v) is 5.05. The summed E-state index contributed by atoms with van der Waals surface area (Å²) in [6.45, 7) is 8.21. The molecule has 0 bridgehead atoms. The van der Waals surface area contributed by atoms with Gasteiger partial charge in [0.25, 0.3) is 0 Å². The van der Waals surface area contributed by atoms with Gasteiger partial charge in [-0.3, -0.25) is 9.59 Å². The van der Waals surface area contributed by atoms with Crippen molar-refractivity contribution in [2.75, 3.05) is 6.61 Å². The largest absolute Gasteiger partial charge is 0.426 e. The van der Waals surface area contributed by atoms with Gasteiger partial charge in [-0.2, -0.15) is 0 Å². The second-order valence-corrected chi connectivity index (χ2v) is 7.42. The molecule has 156 valence electrons. The molecule has 1 unspecified atom stereocenters. The summed E-state index contributed by atoms with van der Waals surface area (Å²) in [6.07, 6.45) is 0. The van der Waals surface area contributed by atoms with Crippen LogP contribution in [0.4, 0.5) is 0 Å². The monoisotopic (exact) mass is 405 g/mol. The Labute approximate surface area is 177 Å². The van der Waals surface area contributed by atoms with E-state index in [1.165, 1.54) is 6.92 Å². The highest BCUT2D eigenvalue weighted by Gasteiger charge is 2.20. The molecule has 3 rings (SSSR count). The zero-order valence-corrected chi connectivity index (χ0v) is 17.8. The Hall–Kier alpha value is -3.18. The van der Waals surface area contributed by atoms with E-state index in [-0.39, 0.29) is 17.8 Å². The molecule has 1 atom stereocenters. The fourth-order valence-electron chi connectivity index (χ4n) is 3.72. The van der Waals surface area contributed by atoms with Gasteiger partial charge in [0.15, 0.2) is 5.78 Å². The zero-order chi connectivity index (χ0) is 21.7. The van der Waals surface area contributed by atoms with Crippen LogP contribution in [-0.2, 0) is 16.1 Å². The topological polar surface area (TPSA) is 57.5 Å². The molecule has 0 spiro atoms. The number of ketones is 1. The standard InChI is InChI=1S/C25H27NO4/c1-17-14-23(25(28)21-10-6-5-7-11-21)19(3)26(17)18(2)15-29-16-22-12-8-9-13-24(22)30-20(4)27/h5-14,18H,15-16H2,1-4H3. The van der Waals surface area contributed by atoms with E-state index >= 15 is 0 Å². The van der Waals surface area contributed by atoms with Gasteiger partial charge in [0, 0.05) is 35.0 Å². The second kappa shape index (κ2) is 9.55. The Morgan fingerprint density at radius 1 is 1.00 bits per heavy atom. The number of esters is 1. The number of rotatable bonds is 8. The molecule has 0 saturated carbocycles. The van der Waals surface area contributed by atoms with Crippen molar-refractivity contribution < 1.29 is 19.1 Å². The van der Waals surface area contributed by atoms with Gasteiger partial charge >= 0.3 is 5.97 Å². The van der Waals surface area contributed by atoms with Crippen LogP contribution in [0.15, 0.2) is 60.7 Å². The van der Waals surface area contributed by atoms with E-state index in [0.717, 1.165) is 17.0 Å². The van der Waals surface area contributed by atoms with Gasteiger partial charge in [-0.25, -0.2) is 0 Å². The third-order valence-electron chi connectivity index (χ3n) is 5.05. The molecule has 3 aromatic rings. The number of para-hydroxylation sites is 1. The highest BCUT2D eigenvalue weighted by atomic mass is 16.5. The second-order valence-electron chi connectivity index (χ2n) is 7.42. The van der Waals surface area contributed by atoms with Gasteiger partial charge in [-0.05, 0) is 32.9 Å². The van der Waals surface area contributed by atoms with E-state index in [0.29, 0.717) is 30.1 Å². The van der Waals surface area contributed by atoms with Crippen molar-refractivity contribution in [3.63, 3.8) is 0 Å². The average Bonchev–Trinajstić information content (AvgIpc) is 3.03. The maximum atomic E-state index is 12.9. The van der Waals surface area contributed by atoms with Crippen molar-refractivity contribution >= 4 is 11.8 Å². The maximum Gasteiger partial charge on any atom is 0.308 e. The summed E-state index contributed by atoms with van der Waals surface area (Å²) < 4.78 is 13.3. The molecule has 0 aliphatic rings. The van der Waals surface area contributed by atoms with Crippen molar-refractivity contribution in [3.05, 3.63) is 88.7 Å². The first-order valence-electron chi connectivity index (χ1n) is 10.0. The van der Waals surface area contributed by atoms with Crippen LogP contribution in [0.25, 0.3) is 0 Å². The molecule has 1 aromatic heterocycles. The molecule has 1 heterocycles. The van der Waals surface area contributed by atoms with Crippen molar-refractivity contribution in [1.29, 1.82) is 0 Å². The Kier molecular flexibility index (Phi) is 6.85. The molecule has 30 heavy (non-hydrogen) atoms. The lowest BCUT2D eigenvalue weighted by Crippen LogP contribution is -2.16. The van der Waals surface area contributed by atoms with Crippen molar-refractivity contribution in [2.45, 2.75) is 40.3 Å². The lowest BCUT2D eigenvalue weighted by atomic mass is 10.0. The molecule has 0 radical (unpaired) electrons. The van der Waals surface area contributed by atoms with Gasteiger partial charge < -0.3 is 14.0 Å². The highest BCUT2D eigenvalue weighted by Crippen LogP contribution is 2.24. The molecule has 0 saturated heterocycles. The molecule has 0 fully saturated rings. The van der Waals surface area contributed by atoms with Gasteiger partial charge in [0.05, 0.1) is 19.3 Å². The number of hydrogen-bond donors (Lipinski definition) is 0. The molecule has 0 amide bonds. The summed E-state index contributed by atoms with van der Waals surface area (Å²) in [4.78, 5) is 24.2. The van der Waals surface area contributed by atoms with Crippen LogP contribution < -0.4 is 4.74 Å². The Balaban J connectivity index is 1.70. The SMILES string of the molecule is CC(=O)Oc1ccccc1COCC(C)n1c(C)cc(C(=O)c2ccccc2)c1C. The molecule has 0 aliphatic heterocycles. The van der Waals surface area contributed by atoms with E-state index in [1.54, 1.807) is 6.07 Å². The summed E-state index contributed by atoms with van der Waals surface area (Å²) in [5.41, 5.74) is 4.16. The molecule has 0 aliphatic carbocycles. The van der Waals surface area contributed by atoms with E-state index in [4.69, 9.17) is 9.47 Å². The van der Waals surface area contributed by atoms with E-state index < -0.39 is 0 Å². The van der Waals surface area contributed by atoms with Gasteiger partial charge in [-0.1, -0.05) is 48.5 Å². The Morgan fingerprint density at radius 2 is 1.67 bits per heavy atom. The molecule has 5 heteroatoms. The van der Waals surface area contributed by atoms with Gasteiger partial charge in [0.1, 0.15) is 5.75 Å². The minimum atomic E-state index is -0.356. The van der Waals surface area contributed by atoms with Gasteiger partial charge in [-0.15, -0.1) is 0 Å². The lowest BCUT2D eigenvalue weighted by molar-refractivity contribution is -0.132. The average molecular weight is 405 g/mol. The number of aryl methyl sites for hydroxylation is 1. The predicted molar refractivity (Wildman–Crippen MR) is 116 cm³/mol. The summed E-state index contributed by atoms with van der Waals surface area (Å²) in [5.74, 6) is 0.185. The number of ether oxygens (including phenoxy) is 2. The fourth-order valence-corrected chi connectivity index (χ4v) is 3.72. The molecular formula is C25H27NO4. The number of aromatic nitrogens is 1. The third kappa shape index (κ3) is 4.86.